The van der Waals surface area contributed by atoms with Crippen molar-refractivity contribution in [3.8, 4) is 5.75 Å². The Kier molecular flexibility index (Phi) is 4.42. The minimum atomic E-state index is -1.41. The van der Waals surface area contributed by atoms with Crippen LogP contribution in [0.25, 0.3) is 0 Å². The van der Waals surface area contributed by atoms with Crippen LogP contribution in [0.5, 0.6) is 5.75 Å². The molecule has 7 heteroatoms. The van der Waals surface area contributed by atoms with Gasteiger partial charge in [-0.3, -0.25) is 19.7 Å². The highest BCUT2D eigenvalue weighted by atomic mass is 16.5. The highest BCUT2D eigenvalue weighted by Crippen LogP contribution is 2.51. The molecule has 2 aromatic rings. The maximum Gasteiger partial charge on any atom is 0.326 e. The lowest BCUT2D eigenvalue weighted by atomic mass is 9.80. The zero-order valence-electron chi connectivity index (χ0n) is 16.4. The number of amides is 2. The summed E-state index contributed by atoms with van der Waals surface area (Å²) >= 11 is 0. The second kappa shape index (κ2) is 6.70. The summed E-state index contributed by atoms with van der Waals surface area (Å²) in [7, 11) is 1.25. The third-order valence-corrected chi connectivity index (χ3v) is 5.93. The highest BCUT2D eigenvalue weighted by molar-refractivity contribution is 6.24. The van der Waals surface area contributed by atoms with Crippen molar-refractivity contribution in [2.24, 2.45) is 11.8 Å². The van der Waals surface area contributed by atoms with Gasteiger partial charge >= 0.3 is 5.97 Å². The molecule has 150 valence electrons. The Hall–Kier alpha value is -3.19. The van der Waals surface area contributed by atoms with E-state index in [1.165, 1.54) is 7.11 Å². The minimum absolute atomic E-state index is 0.000578. The molecule has 2 N–H and O–H groups in total. The van der Waals surface area contributed by atoms with E-state index in [2.05, 4.69) is 5.32 Å². The number of benzene rings is 2. The van der Waals surface area contributed by atoms with Crippen molar-refractivity contribution in [1.82, 2.24) is 5.32 Å². The molecule has 4 rings (SSSR count). The Morgan fingerprint density at radius 3 is 2.48 bits per heavy atom. The fourth-order valence-corrected chi connectivity index (χ4v) is 4.56. The largest absolute Gasteiger partial charge is 0.508 e. The molecule has 0 spiro atoms. The van der Waals surface area contributed by atoms with Crippen molar-refractivity contribution < 1.29 is 24.2 Å². The van der Waals surface area contributed by atoms with Crippen molar-refractivity contribution in [2.75, 3.05) is 12.0 Å². The number of rotatable bonds is 3. The number of nitrogens with zero attached hydrogens (tertiary/aromatic N) is 1. The number of anilines is 1. The number of carbonyl (C=O) groups excluding carboxylic acids is 3. The zero-order chi connectivity index (χ0) is 20.9. The molecule has 0 radical (unpaired) electrons. The van der Waals surface area contributed by atoms with Crippen LogP contribution in [-0.4, -0.2) is 35.5 Å². The van der Waals surface area contributed by atoms with Gasteiger partial charge in [-0.05, 0) is 32.0 Å². The van der Waals surface area contributed by atoms with Gasteiger partial charge in [-0.2, -0.15) is 0 Å². The molecule has 0 saturated carbocycles. The molecule has 2 amide bonds. The maximum atomic E-state index is 13.4. The zero-order valence-corrected chi connectivity index (χ0v) is 16.4. The first-order valence-corrected chi connectivity index (χ1v) is 9.38. The minimum Gasteiger partial charge on any atom is -0.508 e. The van der Waals surface area contributed by atoms with E-state index in [9.17, 15) is 19.5 Å². The van der Waals surface area contributed by atoms with E-state index in [0.717, 1.165) is 10.5 Å². The summed E-state index contributed by atoms with van der Waals surface area (Å²) in [6, 6.07) is 13.0. The van der Waals surface area contributed by atoms with E-state index >= 15 is 0 Å². The standard InChI is InChI=1S/C22H22N2O5/c1-12-9-10-15(25)14(11-12)18-16-17(22(2,23-18)21(28)29-3)20(27)24(19(16)26)13-7-5-4-6-8-13/h4-11,16-18,23,25H,1-3H3/t16-,17-,18-,22-/m1/s1. The molecule has 0 unspecified atom stereocenters. The summed E-state index contributed by atoms with van der Waals surface area (Å²) in [6.07, 6.45) is 0. The molecule has 7 nitrogen and oxygen atoms in total. The number of hydrogen-bond acceptors (Lipinski definition) is 6. The van der Waals surface area contributed by atoms with Crippen LogP contribution in [-0.2, 0) is 19.1 Å². The Balaban J connectivity index is 1.87. The lowest BCUT2D eigenvalue weighted by Crippen LogP contribution is -2.54. The smallest absolute Gasteiger partial charge is 0.326 e. The van der Waals surface area contributed by atoms with Crippen LogP contribution in [0.15, 0.2) is 48.5 Å². The monoisotopic (exact) mass is 394 g/mol. The molecule has 4 atom stereocenters. The number of phenols is 1. The van der Waals surface area contributed by atoms with Gasteiger partial charge in [-0.1, -0.05) is 35.9 Å². The van der Waals surface area contributed by atoms with Crippen molar-refractivity contribution >= 4 is 23.5 Å². The number of nitrogens with one attached hydrogen (secondary N) is 1. The Bertz CT molecular complexity index is 1010. The molecule has 2 aromatic carbocycles. The molecule has 0 aromatic heterocycles. The van der Waals surface area contributed by atoms with Crippen molar-refractivity contribution in [3.63, 3.8) is 0 Å². The van der Waals surface area contributed by atoms with E-state index in [1.54, 1.807) is 55.5 Å². The molecule has 0 bridgehead atoms. The summed E-state index contributed by atoms with van der Waals surface area (Å²) in [5, 5.41) is 13.6. The third-order valence-electron chi connectivity index (χ3n) is 5.93. The highest BCUT2D eigenvalue weighted by Gasteiger charge is 2.67. The molecular formula is C22H22N2O5. The van der Waals surface area contributed by atoms with Crippen LogP contribution in [0, 0.1) is 18.8 Å². The third kappa shape index (κ3) is 2.73. The number of methoxy groups -OCH3 is 1. The Morgan fingerprint density at radius 2 is 1.83 bits per heavy atom. The number of aromatic hydroxyl groups is 1. The number of carbonyl (C=O) groups is 3. The summed E-state index contributed by atoms with van der Waals surface area (Å²) < 4.78 is 4.96. The fourth-order valence-electron chi connectivity index (χ4n) is 4.56. The fraction of sp³-hybridized carbons (Fsp3) is 0.318. The van der Waals surface area contributed by atoms with Crippen LogP contribution in [0.3, 0.4) is 0 Å². The van der Waals surface area contributed by atoms with Gasteiger partial charge in [0, 0.05) is 11.6 Å². The molecule has 0 aliphatic carbocycles. The van der Waals surface area contributed by atoms with Gasteiger partial charge in [-0.15, -0.1) is 0 Å². The number of fused-ring (bicyclic) bond motifs is 1. The number of phenolic OH excluding ortho intramolecular Hbond substituents is 1. The lowest BCUT2D eigenvalue weighted by molar-refractivity contribution is -0.151. The molecule has 2 saturated heterocycles. The number of esters is 1. The normalized spacial score (nSPS) is 28.5. The molecule has 2 aliphatic heterocycles. The van der Waals surface area contributed by atoms with Gasteiger partial charge in [0.1, 0.15) is 11.3 Å². The first-order valence-electron chi connectivity index (χ1n) is 9.38. The van der Waals surface area contributed by atoms with Crippen LogP contribution >= 0.6 is 0 Å². The lowest BCUT2D eigenvalue weighted by Gasteiger charge is -2.28. The van der Waals surface area contributed by atoms with Gasteiger partial charge in [0.05, 0.1) is 24.6 Å². The van der Waals surface area contributed by atoms with Crippen LogP contribution in [0.1, 0.15) is 24.1 Å². The van der Waals surface area contributed by atoms with E-state index in [-0.39, 0.29) is 5.75 Å². The van der Waals surface area contributed by atoms with Gasteiger partial charge in [0.25, 0.3) is 0 Å². The van der Waals surface area contributed by atoms with Gasteiger partial charge in [0.15, 0.2) is 0 Å². The average Bonchev–Trinajstić information content (AvgIpc) is 3.17. The maximum absolute atomic E-state index is 13.4. The van der Waals surface area contributed by atoms with Crippen molar-refractivity contribution in [3.05, 3.63) is 59.7 Å². The Labute approximate surface area is 168 Å². The summed E-state index contributed by atoms with van der Waals surface area (Å²) in [4.78, 5) is 40.6. The van der Waals surface area contributed by atoms with Gasteiger partial charge in [-0.25, -0.2) is 4.90 Å². The quantitative estimate of drug-likeness (QED) is 0.611. The predicted molar refractivity (Wildman–Crippen MR) is 105 cm³/mol. The first-order chi connectivity index (χ1) is 13.8. The number of aryl methyl sites for hydroxylation is 1. The van der Waals surface area contributed by atoms with E-state index in [0.29, 0.717) is 11.3 Å². The first kappa shape index (κ1) is 19.1. The summed E-state index contributed by atoms with van der Waals surface area (Å²) in [5.74, 6) is -3.29. The summed E-state index contributed by atoms with van der Waals surface area (Å²) in [6.45, 7) is 3.44. The predicted octanol–water partition coefficient (Wildman–Crippen LogP) is 2.08. The topological polar surface area (TPSA) is 95.9 Å². The van der Waals surface area contributed by atoms with E-state index < -0.39 is 41.2 Å². The van der Waals surface area contributed by atoms with Crippen LogP contribution in [0.2, 0.25) is 0 Å². The van der Waals surface area contributed by atoms with E-state index in [1.807, 2.05) is 6.92 Å². The number of ether oxygens (including phenoxy) is 1. The van der Waals surface area contributed by atoms with Crippen LogP contribution < -0.4 is 10.2 Å². The van der Waals surface area contributed by atoms with E-state index in [4.69, 9.17) is 4.74 Å². The van der Waals surface area contributed by atoms with Crippen LogP contribution in [0.4, 0.5) is 5.69 Å². The second-order valence-electron chi connectivity index (χ2n) is 7.73. The average molecular weight is 394 g/mol. The second-order valence-corrected chi connectivity index (χ2v) is 7.73. The molecule has 29 heavy (non-hydrogen) atoms. The SMILES string of the molecule is COC(=O)[C@]1(C)N[C@H](c2cc(C)ccc2O)[C@@H]2C(=O)N(c3ccccc3)C(=O)[C@@H]21. The molecule has 2 aliphatic rings. The number of hydrogen-bond donors (Lipinski definition) is 2. The number of imide groups is 1. The summed E-state index contributed by atoms with van der Waals surface area (Å²) in [5.41, 5.74) is 0.413. The van der Waals surface area contributed by atoms with Crippen molar-refractivity contribution in [1.29, 1.82) is 0 Å². The van der Waals surface area contributed by atoms with Crippen molar-refractivity contribution in [2.45, 2.75) is 25.4 Å². The van der Waals surface area contributed by atoms with Gasteiger partial charge < -0.3 is 9.84 Å². The van der Waals surface area contributed by atoms with Gasteiger partial charge in [0.2, 0.25) is 11.8 Å². The Morgan fingerprint density at radius 1 is 1.14 bits per heavy atom. The molecular weight excluding hydrogens is 372 g/mol. The number of para-hydroxylation sites is 1. The molecule has 2 fully saturated rings. The molecule has 2 heterocycles.